The number of aliphatic hydroxyl groups is 2. The Labute approximate surface area is 263 Å². The van der Waals surface area contributed by atoms with E-state index in [4.69, 9.17) is 9.47 Å². The highest BCUT2D eigenvalue weighted by Gasteiger charge is 2.15. The second-order valence-corrected chi connectivity index (χ2v) is 11.4. The summed E-state index contributed by atoms with van der Waals surface area (Å²) >= 11 is 0. The molecule has 0 aliphatic rings. The molecule has 0 rings (SSSR count). The predicted molar refractivity (Wildman–Crippen MR) is 179 cm³/mol. The summed E-state index contributed by atoms with van der Waals surface area (Å²) in [6.07, 6.45) is 36.2. The smallest absolute Gasteiger partial charge is 0.306 e. The van der Waals surface area contributed by atoms with Gasteiger partial charge in [-0.25, -0.2) is 0 Å². The molecule has 0 spiro atoms. The van der Waals surface area contributed by atoms with E-state index in [1.165, 1.54) is 70.6 Å². The van der Waals surface area contributed by atoms with E-state index in [2.05, 4.69) is 19.9 Å². The van der Waals surface area contributed by atoms with Crippen LogP contribution in [0.3, 0.4) is 0 Å². The Morgan fingerprint density at radius 2 is 1.23 bits per heavy atom. The molecule has 0 aliphatic heterocycles. The SMILES string of the molecule is CCCCC/C=C\C=C/[C@H](O)C/C=C\C/C=C/CCCC(=O)O[C@@H](CO)COC(=O)CCCCCCCCCCCCC. The van der Waals surface area contributed by atoms with Crippen LogP contribution in [0, 0.1) is 0 Å². The molecule has 0 radical (unpaired) electrons. The van der Waals surface area contributed by atoms with E-state index in [1.807, 2.05) is 36.5 Å². The molecule has 0 unspecified atom stereocenters. The molecule has 2 atom stereocenters. The first-order valence-electron chi connectivity index (χ1n) is 17.3. The Balaban J connectivity index is 3.79. The normalized spacial score (nSPS) is 13.5. The highest BCUT2D eigenvalue weighted by atomic mass is 16.6. The molecule has 0 bridgehead atoms. The third-order valence-electron chi connectivity index (χ3n) is 7.21. The van der Waals surface area contributed by atoms with Crippen molar-refractivity contribution in [2.75, 3.05) is 13.2 Å². The van der Waals surface area contributed by atoms with E-state index in [9.17, 15) is 19.8 Å². The lowest BCUT2D eigenvalue weighted by Crippen LogP contribution is -2.28. The van der Waals surface area contributed by atoms with Gasteiger partial charge in [0.2, 0.25) is 0 Å². The molecule has 6 heteroatoms. The number of hydrogen-bond donors (Lipinski definition) is 2. The zero-order valence-corrected chi connectivity index (χ0v) is 27.6. The minimum Gasteiger partial charge on any atom is -0.462 e. The molecular weight excluding hydrogens is 540 g/mol. The van der Waals surface area contributed by atoms with E-state index in [0.29, 0.717) is 19.3 Å². The summed E-state index contributed by atoms with van der Waals surface area (Å²) in [4.78, 5) is 24.1. The highest BCUT2D eigenvalue weighted by molar-refractivity contribution is 5.70. The lowest BCUT2D eigenvalue weighted by atomic mass is 10.1. The van der Waals surface area contributed by atoms with E-state index in [0.717, 1.165) is 38.5 Å². The van der Waals surface area contributed by atoms with E-state index >= 15 is 0 Å². The fourth-order valence-electron chi connectivity index (χ4n) is 4.51. The van der Waals surface area contributed by atoms with Crippen molar-refractivity contribution in [1.82, 2.24) is 0 Å². The van der Waals surface area contributed by atoms with Crippen LogP contribution in [0.25, 0.3) is 0 Å². The monoisotopic (exact) mass is 604 g/mol. The van der Waals surface area contributed by atoms with Gasteiger partial charge < -0.3 is 19.7 Å². The zero-order valence-electron chi connectivity index (χ0n) is 27.6. The van der Waals surface area contributed by atoms with Crippen LogP contribution in [-0.2, 0) is 19.1 Å². The first-order valence-corrected chi connectivity index (χ1v) is 17.3. The number of carbonyl (C=O) groups excluding carboxylic acids is 2. The van der Waals surface area contributed by atoms with Crippen molar-refractivity contribution in [1.29, 1.82) is 0 Å². The summed E-state index contributed by atoms with van der Waals surface area (Å²) in [5.41, 5.74) is 0. The third kappa shape index (κ3) is 31.1. The number of esters is 2. The number of hydrogen-bond acceptors (Lipinski definition) is 6. The summed E-state index contributed by atoms with van der Waals surface area (Å²) in [6.45, 7) is 3.96. The molecule has 0 heterocycles. The molecule has 0 saturated carbocycles. The molecule has 0 aromatic heterocycles. The maximum Gasteiger partial charge on any atom is 0.306 e. The molecule has 0 amide bonds. The fourth-order valence-corrected chi connectivity index (χ4v) is 4.51. The largest absolute Gasteiger partial charge is 0.462 e. The van der Waals surface area contributed by atoms with E-state index < -0.39 is 18.2 Å². The van der Waals surface area contributed by atoms with Crippen molar-refractivity contribution in [2.24, 2.45) is 0 Å². The lowest BCUT2D eigenvalue weighted by Gasteiger charge is -2.15. The van der Waals surface area contributed by atoms with Crippen LogP contribution in [0.2, 0.25) is 0 Å². The van der Waals surface area contributed by atoms with Gasteiger partial charge in [0.15, 0.2) is 6.10 Å². The predicted octanol–water partition coefficient (Wildman–Crippen LogP) is 9.25. The maximum absolute atomic E-state index is 12.1. The summed E-state index contributed by atoms with van der Waals surface area (Å²) in [5, 5.41) is 19.5. The topological polar surface area (TPSA) is 93.1 Å². The van der Waals surface area contributed by atoms with Crippen LogP contribution < -0.4 is 0 Å². The molecule has 248 valence electrons. The fraction of sp³-hybridized carbons (Fsp3) is 0.730. The molecule has 0 aliphatic carbocycles. The first-order chi connectivity index (χ1) is 21.0. The summed E-state index contributed by atoms with van der Waals surface area (Å²) < 4.78 is 10.5. The lowest BCUT2D eigenvalue weighted by molar-refractivity contribution is -0.161. The summed E-state index contributed by atoms with van der Waals surface area (Å²) in [5.74, 6) is -0.701. The van der Waals surface area contributed by atoms with Gasteiger partial charge in [0, 0.05) is 12.8 Å². The van der Waals surface area contributed by atoms with Gasteiger partial charge in [-0.15, -0.1) is 0 Å². The number of carbonyl (C=O) groups is 2. The Bertz CT molecular complexity index is 754. The second kappa shape index (κ2) is 32.7. The second-order valence-electron chi connectivity index (χ2n) is 11.4. The van der Waals surface area contributed by atoms with Crippen molar-refractivity contribution in [2.45, 2.75) is 161 Å². The minimum atomic E-state index is -0.818. The average Bonchev–Trinajstić information content (AvgIpc) is 3.00. The number of allylic oxidation sites excluding steroid dienone is 6. The van der Waals surface area contributed by atoms with Crippen molar-refractivity contribution < 1.29 is 29.3 Å². The van der Waals surface area contributed by atoms with Crippen LogP contribution in [0.15, 0.2) is 48.6 Å². The number of rotatable bonds is 30. The summed E-state index contributed by atoms with van der Waals surface area (Å²) in [6, 6.07) is 0. The molecule has 0 aromatic rings. The van der Waals surface area contributed by atoms with Gasteiger partial charge in [-0.05, 0) is 44.9 Å². The van der Waals surface area contributed by atoms with Gasteiger partial charge in [0.25, 0.3) is 0 Å². The highest BCUT2D eigenvalue weighted by Crippen LogP contribution is 2.12. The average molecular weight is 605 g/mol. The van der Waals surface area contributed by atoms with Crippen LogP contribution >= 0.6 is 0 Å². The molecule has 6 nitrogen and oxygen atoms in total. The Kier molecular flexibility index (Phi) is 31.1. The van der Waals surface area contributed by atoms with Crippen molar-refractivity contribution in [3.05, 3.63) is 48.6 Å². The van der Waals surface area contributed by atoms with E-state index in [1.54, 1.807) is 6.08 Å². The van der Waals surface area contributed by atoms with Gasteiger partial charge >= 0.3 is 11.9 Å². The van der Waals surface area contributed by atoms with Gasteiger partial charge in [-0.1, -0.05) is 140 Å². The van der Waals surface area contributed by atoms with Crippen molar-refractivity contribution in [3.63, 3.8) is 0 Å². The maximum atomic E-state index is 12.1. The van der Waals surface area contributed by atoms with Gasteiger partial charge in [-0.2, -0.15) is 0 Å². The van der Waals surface area contributed by atoms with Gasteiger partial charge in [0.1, 0.15) is 6.61 Å². The molecule has 0 saturated heterocycles. The molecule has 0 aromatic carbocycles. The summed E-state index contributed by atoms with van der Waals surface area (Å²) in [7, 11) is 0. The molecule has 43 heavy (non-hydrogen) atoms. The minimum absolute atomic E-state index is 0.106. The third-order valence-corrected chi connectivity index (χ3v) is 7.21. The molecule has 2 N–H and O–H groups in total. The van der Waals surface area contributed by atoms with Crippen LogP contribution in [0.1, 0.15) is 149 Å². The zero-order chi connectivity index (χ0) is 31.6. The van der Waals surface area contributed by atoms with Gasteiger partial charge in [-0.3, -0.25) is 9.59 Å². The molecule has 0 fully saturated rings. The first kappa shape index (κ1) is 40.8. The van der Waals surface area contributed by atoms with Crippen molar-refractivity contribution >= 4 is 11.9 Å². The number of ether oxygens (including phenoxy) is 2. The van der Waals surface area contributed by atoms with Gasteiger partial charge in [0.05, 0.1) is 12.7 Å². The quantitative estimate of drug-likeness (QED) is 0.0367. The Morgan fingerprint density at radius 3 is 1.91 bits per heavy atom. The number of unbranched alkanes of at least 4 members (excludes halogenated alkanes) is 14. The van der Waals surface area contributed by atoms with Crippen LogP contribution in [-0.4, -0.2) is 47.6 Å². The van der Waals surface area contributed by atoms with Crippen LogP contribution in [0.5, 0.6) is 0 Å². The van der Waals surface area contributed by atoms with E-state index in [-0.39, 0.29) is 25.6 Å². The van der Waals surface area contributed by atoms with Crippen LogP contribution in [0.4, 0.5) is 0 Å². The van der Waals surface area contributed by atoms with Crippen molar-refractivity contribution in [3.8, 4) is 0 Å². The number of aliphatic hydroxyl groups excluding tert-OH is 2. The Hall–Kier alpha value is -2.18. The Morgan fingerprint density at radius 1 is 0.651 bits per heavy atom. The standard InChI is InChI=1S/C37H64O6/c1-3-5-7-9-11-12-13-14-18-22-26-30-36(40)42-33-35(32-38)43-37(41)31-27-23-19-15-17-21-25-29-34(39)28-24-20-16-10-8-6-4-2/h15-16,19-21,24-25,28,34-35,38-39H,3-14,17-18,22-23,26-27,29-33H2,1-2H3/b19-15+,20-16-,25-21-,28-24-/t34-,35-/m0/s1. The molecular formula is C37H64O6.